The van der Waals surface area contributed by atoms with Crippen LogP contribution >= 0.6 is 0 Å². The number of rotatable bonds is 10. The first-order chi connectivity index (χ1) is 19.1. The van der Waals surface area contributed by atoms with Gasteiger partial charge in [0.2, 0.25) is 11.8 Å². The number of fused-ring (bicyclic) bond motifs is 1. The zero-order chi connectivity index (χ0) is 28.9. The third kappa shape index (κ3) is 6.33. The number of anilines is 1. The molecule has 1 unspecified atom stereocenters. The van der Waals surface area contributed by atoms with E-state index in [4.69, 9.17) is 14.2 Å². The fraction of sp³-hybridized carbons (Fsp3) is 0.333. The number of benzene rings is 3. The van der Waals surface area contributed by atoms with E-state index in [9.17, 15) is 9.59 Å². The molecule has 210 valence electrons. The van der Waals surface area contributed by atoms with Crippen LogP contribution in [0.5, 0.6) is 17.2 Å². The molecule has 3 aromatic carbocycles. The quantitative estimate of drug-likeness (QED) is 0.312. The second kappa shape index (κ2) is 12.1. The predicted molar refractivity (Wildman–Crippen MR) is 153 cm³/mol. The molecular weight excluding hydrogens is 510 g/mol. The van der Waals surface area contributed by atoms with Crippen molar-refractivity contribution in [1.82, 2.24) is 20.3 Å². The summed E-state index contributed by atoms with van der Waals surface area (Å²) in [6.07, 6.45) is 0. The number of aromatic nitrogens is 3. The molecule has 10 heteroatoms. The van der Waals surface area contributed by atoms with Crippen LogP contribution in [-0.4, -0.2) is 53.2 Å². The number of methoxy groups -OCH3 is 2. The molecule has 0 aliphatic heterocycles. The van der Waals surface area contributed by atoms with E-state index >= 15 is 0 Å². The van der Waals surface area contributed by atoms with Crippen LogP contribution in [0.4, 0.5) is 5.69 Å². The Bertz CT molecular complexity index is 1480. The number of carbonyl (C=O) groups excluding carboxylic acids is 2. The molecule has 0 saturated heterocycles. The number of amides is 2. The number of ether oxygens (including phenoxy) is 3. The Labute approximate surface area is 233 Å². The summed E-state index contributed by atoms with van der Waals surface area (Å²) < 4.78 is 18.3. The highest BCUT2D eigenvalue weighted by Gasteiger charge is 2.36. The largest absolute Gasteiger partial charge is 0.497 e. The maximum Gasteiger partial charge on any atom is 0.249 e. The minimum absolute atomic E-state index is 0.169. The van der Waals surface area contributed by atoms with Gasteiger partial charge in [-0.3, -0.25) is 14.5 Å². The van der Waals surface area contributed by atoms with Crippen molar-refractivity contribution in [3.05, 3.63) is 72.3 Å². The van der Waals surface area contributed by atoms with Gasteiger partial charge in [-0.15, -0.1) is 5.10 Å². The van der Waals surface area contributed by atoms with Gasteiger partial charge < -0.3 is 19.5 Å². The Hall–Kier alpha value is -4.60. The maximum absolute atomic E-state index is 14.3. The highest BCUT2D eigenvalue weighted by atomic mass is 16.5. The van der Waals surface area contributed by atoms with Crippen LogP contribution < -0.4 is 24.4 Å². The van der Waals surface area contributed by atoms with Gasteiger partial charge in [-0.05, 0) is 69.7 Å². The van der Waals surface area contributed by atoms with Crippen LogP contribution in [0, 0.1) is 0 Å². The van der Waals surface area contributed by atoms with Crippen molar-refractivity contribution >= 4 is 28.5 Å². The van der Waals surface area contributed by atoms with Crippen LogP contribution in [0.1, 0.15) is 39.3 Å². The normalized spacial score (nSPS) is 12.1. The van der Waals surface area contributed by atoms with Crippen LogP contribution in [0.3, 0.4) is 0 Å². The lowest BCUT2D eigenvalue weighted by molar-refractivity contribution is -0.128. The van der Waals surface area contributed by atoms with Gasteiger partial charge in [0.25, 0.3) is 0 Å². The van der Waals surface area contributed by atoms with Crippen molar-refractivity contribution in [2.45, 2.75) is 45.8 Å². The molecule has 1 N–H and O–H groups in total. The highest BCUT2D eigenvalue weighted by Crippen LogP contribution is 2.38. The van der Waals surface area contributed by atoms with E-state index in [1.807, 2.05) is 52.0 Å². The minimum Gasteiger partial charge on any atom is -0.497 e. The average molecular weight is 546 g/mol. The van der Waals surface area contributed by atoms with E-state index in [2.05, 4.69) is 15.6 Å². The first kappa shape index (κ1) is 28.4. The molecular formula is C30H35N5O5. The van der Waals surface area contributed by atoms with E-state index in [0.29, 0.717) is 46.1 Å². The van der Waals surface area contributed by atoms with Crippen molar-refractivity contribution in [3.8, 4) is 17.2 Å². The van der Waals surface area contributed by atoms with Crippen molar-refractivity contribution in [1.29, 1.82) is 0 Å². The van der Waals surface area contributed by atoms with Gasteiger partial charge in [0.1, 0.15) is 35.4 Å². The molecule has 40 heavy (non-hydrogen) atoms. The summed E-state index contributed by atoms with van der Waals surface area (Å²) in [7, 11) is 3.05. The van der Waals surface area contributed by atoms with E-state index in [1.165, 1.54) is 23.8 Å². The molecule has 0 fully saturated rings. The smallest absolute Gasteiger partial charge is 0.249 e. The summed E-state index contributed by atoms with van der Waals surface area (Å²) in [5.41, 5.74) is 1.76. The van der Waals surface area contributed by atoms with Crippen molar-refractivity contribution in [2.75, 3.05) is 25.7 Å². The Balaban J connectivity index is 1.89. The number of hydrogen-bond donors (Lipinski definition) is 1. The molecule has 0 saturated carbocycles. The van der Waals surface area contributed by atoms with Crippen LogP contribution in [0.25, 0.3) is 11.0 Å². The second-order valence-corrected chi connectivity index (χ2v) is 10.2. The molecule has 4 rings (SSSR count). The first-order valence-corrected chi connectivity index (χ1v) is 13.0. The summed E-state index contributed by atoms with van der Waals surface area (Å²) in [6, 6.07) is 18.6. The standard InChI is InChI=1S/C30H35N5O5/c1-7-40-21-14-12-20(13-15-21)28(29(37)31-30(2,3)4)35(25-18-22(38-5)16-17-26(25)39-6)27(36)19-34-24-11-9-8-10-23(24)32-33-34/h8-18,28H,7,19H2,1-6H3,(H,31,37). The van der Waals surface area contributed by atoms with Crippen molar-refractivity contribution in [3.63, 3.8) is 0 Å². The fourth-order valence-corrected chi connectivity index (χ4v) is 4.41. The number of nitrogens with one attached hydrogen (secondary N) is 1. The minimum atomic E-state index is -1.06. The molecule has 4 aromatic rings. The maximum atomic E-state index is 14.3. The lowest BCUT2D eigenvalue weighted by atomic mass is 10.00. The lowest BCUT2D eigenvalue weighted by Gasteiger charge is -2.34. The van der Waals surface area contributed by atoms with Gasteiger partial charge >= 0.3 is 0 Å². The van der Waals surface area contributed by atoms with Gasteiger partial charge in [0.15, 0.2) is 0 Å². The van der Waals surface area contributed by atoms with Gasteiger partial charge in [0, 0.05) is 11.6 Å². The SMILES string of the molecule is CCOc1ccc(C(C(=O)NC(C)(C)C)N(C(=O)Cn2nnc3ccccc32)c2cc(OC)ccc2OC)cc1. The first-order valence-electron chi connectivity index (χ1n) is 13.0. The Morgan fingerprint density at radius 1 is 0.975 bits per heavy atom. The highest BCUT2D eigenvalue weighted by molar-refractivity contribution is 6.03. The monoisotopic (exact) mass is 545 g/mol. The van der Waals surface area contributed by atoms with Gasteiger partial charge in [-0.1, -0.05) is 29.5 Å². The molecule has 0 spiro atoms. The van der Waals surface area contributed by atoms with E-state index in [-0.39, 0.29) is 12.5 Å². The lowest BCUT2D eigenvalue weighted by Crippen LogP contribution is -2.50. The second-order valence-electron chi connectivity index (χ2n) is 10.2. The summed E-state index contributed by atoms with van der Waals surface area (Å²) in [6.45, 7) is 7.90. The molecule has 1 heterocycles. The average Bonchev–Trinajstić information content (AvgIpc) is 3.33. The Kier molecular flexibility index (Phi) is 8.57. The summed E-state index contributed by atoms with van der Waals surface area (Å²) in [5.74, 6) is 0.800. The Morgan fingerprint density at radius 2 is 1.68 bits per heavy atom. The number of hydrogen-bond acceptors (Lipinski definition) is 7. The van der Waals surface area contributed by atoms with E-state index in [1.54, 1.807) is 42.5 Å². The molecule has 10 nitrogen and oxygen atoms in total. The van der Waals surface area contributed by atoms with Crippen LogP contribution in [0.15, 0.2) is 66.7 Å². The van der Waals surface area contributed by atoms with Gasteiger partial charge in [-0.2, -0.15) is 0 Å². The number of para-hydroxylation sites is 1. The van der Waals surface area contributed by atoms with E-state index in [0.717, 1.165) is 0 Å². The topological polar surface area (TPSA) is 108 Å². The molecule has 0 aliphatic rings. The molecule has 1 atom stereocenters. The van der Waals surface area contributed by atoms with Crippen molar-refractivity contribution < 1.29 is 23.8 Å². The van der Waals surface area contributed by atoms with Crippen molar-refractivity contribution in [2.24, 2.45) is 0 Å². The zero-order valence-corrected chi connectivity index (χ0v) is 23.7. The van der Waals surface area contributed by atoms with Crippen LogP contribution in [-0.2, 0) is 16.1 Å². The summed E-state index contributed by atoms with van der Waals surface area (Å²) in [5, 5.41) is 11.4. The predicted octanol–water partition coefficient (Wildman–Crippen LogP) is 4.54. The summed E-state index contributed by atoms with van der Waals surface area (Å²) in [4.78, 5) is 29.8. The number of carbonyl (C=O) groups is 2. The molecule has 2 amide bonds. The third-order valence-electron chi connectivity index (χ3n) is 6.13. The summed E-state index contributed by atoms with van der Waals surface area (Å²) >= 11 is 0. The van der Waals surface area contributed by atoms with Crippen LogP contribution in [0.2, 0.25) is 0 Å². The van der Waals surface area contributed by atoms with E-state index < -0.39 is 17.5 Å². The third-order valence-corrected chi connectivity index (χ3v) is 6.13. The Morgan fingerprint density at radius 3 is 2.33 bits per heavy atom. The molecule has 0 aliphatic carbocycles. The zero-order valence-electron chi connectivity index (χ0n) is 23.7. The molecule has 0 bridgehead atoms. The fourth-order valence-electron chi connectivity index (χ4n) is 4.41. The number of nitrogens with zero attached hydrogens (tertiary/aromatic N) is 4. The molecule has 0 radical (unpaired) electrons. The van der Waals surface area contributed by atoms with Gasteiger partial charge in [0.05, 0.1) is 32.0 Å². The van der Waals surface area contributed by atoms with Gasteiger partial charge in [-0.25, -0.2) is 4.68 Å². The molecule has 1 aromatic heterocycles.